The smallest absolute Gasteiger partial charge is 0.0486 e. The van der Waals surface area contributed by atoms with Crippen molar-refractivity contribution in [3.05, 3.63) is 96.2 Å². The summed E-state index contributed by atoms with van der Waals surface area (Å²) in [5.74, 6) is 0. The largest absolute Gasteiger partial charge is 0.343 e. The molecule has 29 heavy (non-hydrogen) atoms. The van der Waals surface area contributed by atoms with Crippen LogP contribution in [0.2, 0.25) is 0 Å². The predicted molar refractivity (Wildman–Crippen MR) is 122 cm³/mol. The van der Waals surface area contributed by atoms with E-state index in [0.29, 0.717) is 0 Å². The number of aromatic nitrogens is 1. The first-order chi connectivity index (χ1) is 14.4. The van der Waals surface area contributed by atoms with Crippen LogP contribution in [0.4, 0.5) is 0 Å². The molecule has 1 aromatic heterocycles. The molecule has 0 atom stereocenters. The second kappa shape index (κ2) is 8.26. The van der Waals surface area contributed by atoms with Crippen molar-refractivity contribution in [2.75, 3.05) is 13.1 Å². The van der Waals surface area contributed by atoms with Gasteiger partial charge in [0.25, 0.3) is 0 Å². The predicted octanol–water partition coefficient (Wildman–Crippen LogP) is 6.34. The van der Waals surface area contributed by atoms with Gasteiger partial charge in [0.15, 0.2) is 0 Å². The molecule has 4 aromatic rings. The summed E-state index contributed by atoms with van der Waals surface area (Å²) in [6.07, 6.45) is 6.44. The van der Waals surface area contributed by atoms with Gasteiger partial charge in [-0.15, -0.1) is 0 Å². The van der Waals surface area contributed by atoms with Gasteiger partial charge in [-0.1, -0.05) is 79.2 Å². The molecule has 0 amide bonds. The molecule has 0 unspecified atom stereocenters. The Labute approximate surface area is 173 Å². The molecular formula is C27H28N2. The second-order valence-electron chi connectivity index (χ2n) is 8.20. The first kappa shape index (κ1) is 18.2. The van der Waals surface area contributed by atoms with Gasteiger partial charge in [-0.2, -0.15) is 0 Å². The quantitative estimate of drug-likeness (QED) is 0.392. The molecule has 0 aliphatic carbocycles. The molecule has 1 fully saturated rings. The molecule has 2 heterocycles. The normalized spacial score (nSPS) is 15.0. The minimum atomic E-state index is 0.912. The fourth-order valence-corrected chi connectivity index (χ4v) is 4.57. The Kier molecular flexibility index (Phi) is 5.19. The maximum absolute atomic E-state index is 2.62. The van der Waals surface area contributed by atoms with Crippen molar-refractivity contribution in [3.63, 3.8) is 0 Å². The third kappa shape index (κ3) is 3.99. The first-order valence-corrected chi connectivity index (χ1v) is 10.8. The van der Waals surface area contributed by atoms with Gasteiger partial charge in [0.1, 0.15) is 0 Å². The van der Waals surface area contributed by atoms with E-state index in [9.17, 15) is 0 Å². The number of hydrogen-bond donors (Lipinski definition) is 0. The van der Waals surface area contributed by atoms with E-state index in [-0.39, 0.29) is 0 Å². The van der Waals surface area contributed by atoms with E-state index in [1.54, 1.807) is 0 Å². The summed E-state index contributed by atoms with van der Waals surface area (Å²) in [6, 6.07) is 28.5. The van der Waals surface area contributed by atoms with Crippen molar-refractivity contribution in [1.82, 2.24) is 9.47 Å². The van der Waals surface area contributed by atoms with E-state index in [1.807, 2.05) is 0 Å². The van der Waals surface area contributed by atoms with Crippen molar-refractivity contribution in [3.8, 4) is 11.1 Å². The van der Waals surface area contributed by atoms with Gasteiger partial charge in [0.05, 0.1) is 0 Å². The highest BCUT2D eigenvalue weighted by Gasteiger charge is 2.14. The van der Waals surface area contributed by atoms with E-state index >= 15 is 0 Å². The SMILES string of the molecule is c1ccc(-c2ccc(Cn3cc(CN4CCCCC4)c4ccccc43)cc2)cc1. The Morgan fingerprint density at radius 1 is 0.621 bits per heavy atom. The maximum Gasteiger partial charge on any atom is 0.0486 e. The lowest BCUT2D eigenvalue weighted by molar-refractivity contribution is 0.221. The van der Waals surface area contributed by atoms with E-state index < -0.39 is 0 Å². The fourth-order valence-electron chi connectivity index (χ4n) is 4.57. The van der Waals surface area contributed by atoms with Crippen LogP contribution in [0.5, 0.6) is 0 Å². The molecule has 0 bridgehead atoms. The Hall–Kier alpha value is -2.84. The molecular weight excluding hydrogens is 352 g/mol. The lowest BCUT2D eigenvalue weighted by atomic mass is 10.0. The number of piperidine rings is 1. The van der Waals surface area contributed by atoms with Crippen LogP contribution in [-0.4, -0.2) is 22.6 Å². The van der Waals surface area contributed by atoms with Crippen LogP contribution >= 0.6 is 0 Å². The van der Waals surface area contributed by atoms with Crippen LogP contribution in [-0.2, 0) is 13.1 Å². The van der Waals surface area contributed by atoms with Gasteiger partial charge in [-0.05, 0) is 54.3 Å². The molecule has 0 saturated carbocycles. The van der Waals surface area contributed by atoms with Gasteiger partial charge in [-0.25, -0.2) is 0 Å². The number of rotatable bonds is 5. The molecule has 1 aliphatic heterocycles. The Balaban J connectivity index is 1.40. The molecule has 0 radical (unpaired) electrons. The van der Waals surface area contributed by atoms with Gasteiger partial charge >= 0.3 is 0 Å². The van der Waals surface area contributed by atoms with Gasteiger partial charge in [-0.3, -0.25) is 4.90 Å². The van der Waals surface area contributed by atoms with Crippen LogP contribution in [0.1, 0.15) is 30.4 Å². The van der Waals surface area contributed by atoms with E-state index in [4.69, 9.17) is 0 Å². The van der Waals surface area contributed by atoms with E-state index in [2.05, 4.69) is 94.5 Å². The minimum Gasteiger partial charge on any atom is -0.343 e. The molecule has 1 saturated heterocycles. The van der Waals surface area contributed by atoms with Crippen LogP contribution in [0.25, 0.3) is 22.0 Å². The number of para-hydroxylation sites is 1. The summed E-state index contributed by atoms with van der Waals surface area (Å²) in [5.41, 5.74) is 6.69. The number of likely N-dealkylation sites (tertiary alicyclic amines) is 1. The van der Waals surface area contributed by atoms with Gasteiger partial charge in [0, 0.05) is 30.2 Å². The second-order valence-corrected chi connectivity index (χ2v) is 8.20. The third-order valence-electron chi connectivity index (χ3n) is 6.13. The van der Waals surface area contributed by atoms with Gasteiger partial charge < -0.3 is 4.57 Å². The zero-order valence-corrected chi connectivity index (χ0v) is 16.9. The standard InChI is InChI=1S/C27H28N2/c1-3-9-23(10-4-1)24-15-13-22(14-16-24)19-29-21-25(20-28-17-7-2-8-18-28)26-11-5-6-12-27(26)29/h1,3-6,9-16,21H,2,7-8,17-20H2. The zero-order chi connectivity index (χ0) is 19.5. The highest BCUT2D eigenvalue weighted by Crippen LogP contribution is 2.26. The Morgan fingerprint density at radius 3 is 2.10 bits per heavy atom. The number of hydrogen-bond acceptors (Lipinski definition) is 1. The Morgan fingerprint density at radius 2 is 1.31 bits per heavy atom. The first-order valence-electron chi connectivity index (χ1n) is 10.8. The molecule has 1 aliphatic rings. The van der Waals surface area contributed by atoms with Crippen LogP contribution in [0.15, 0.2) is 85.1 Å². The summed E-state index contributed by atoms with van der Waals surface area (Å²) in [7, 11) is 0. The lowest BCUT2D eigenvalue weighted by Crippen LogP contribution is -2.28. The van der Waals surface area contributed by atoms with Crippen molar-refractivity contribution >= 4 is 10.9 Å². The topological polar surface area (TPSA) is 8.17 Å². The van der Waals surface area contributed by atoms with Gasteiger partial charge in [0.2, 0.25) is 0 Å². The number of benzene rings is 3. The van der Waals surface area contributed by atoms with Crippen molar-refractivity contribution < 1.29 is 0 Å². The third-order valence-corrected chi connectivity index (χ3v) is 6.13. The zero-order valence-electron chi connectivity index (χ0n) is 16.9. The molecule has 0 N–H and O–H groups in total. The molecule has 0 spiro atoms. The van der Waals surface area contributed by atoms with Crippen LogP contribution in [0, 0.1) is 0 Å². The molecule has 146 valence electrons. The Bertz CT molecular complexity index is 1070. The highest BCUT2D eigenvalue weighted by molar-refractivity contribution is 5.84. The summed E-state index contributed by atoms with van der Waals surface area (Å²) in [6.45, 7) is 4.46. The number of nitrogens with zero attached hydrogens (tertiary/aromatic N) is 2. The summed E-state index contributed by atoms with van der Waals surface area (Å²) in [5, 5.41) is 1.40. The van der Waals surface area contributed by atoms with Crippen LogP contribution in [0.3, 0.4) is 0 Å². The average molecular weight is 381 g/mol. The number of fused-ring (bicyclic) bond motifs is 1. The van der Waals surface area contributed by atoms with E-state index in [1.165, 1.54) is 65.5 Å². The monoisotopic (exact) mass is 380 g/mol. The van der Waals surface area contributed by atoms with Crippen molar-refractivity contribution in [1.29, 1.82) is 0 Å². The summed E-state index contributed by atoms with van der Waals surface area (Å²) < 4.78 is 2.42. The fraction of sp³-hybridized carbons (Fsp3) is 0.259. The molecule has 5 rings (SSSR count). The van der Waals surface area contributed by atoms with Crippen molar-refractivity contribution in [2.24, 2.45) is 0 Å². The maximum atomic E-state index is 2.62. The van der Waals surface area contributed by atoms with Crippen molar-refractivity contribution in [2.45, 2.75) is 32.4 Å². The lowest BCUT2D eigenvalue weighted by Gasteiger charge is -2.26. The molecule has 2 heteroatoms. The highest BCUT2D eigenvalue weighted by atomic mass is 15.1. The minimum absolute atomic E-state index is 0.912. The van der Waals surface area contributed by atoms with E-state index in [0.717, 1.165) is 13.1 Å². The summed E-state index contributed by atoms with van der Waals surface area (Å²) in [4.78, 5) is 2.62. The summed E-state index contributed by atoms with van der Waals surface area (Å²) >= 11 is 0. The molecule has 2 nitrogen and oxygen atoms in total. The van der Waals surface area contributed by atoms with Crippen LogP contribution < -0.4 is 0 Å². The average Bonchev–Trinajstić information content (AvgIpc) is 3.13. The molecule has 3 aromatic carbocycles.